The maximum Gasteiger partial charge on any atom is 0.0270 e. The number of hydrogen-bond donors (Lipinski definition) is 0. The van der Waals surface area contributed by atoms with E-state index in [1.165, 1.54) is 23.3 Å². The van der Waals surface area contributed by atoms with E-state index >= 15 is 0 Å². The maximum atomic E-state index is 2.28. The van der Waals surface area contributed by atoms with Gasteiger partial charge >= 0.3 is 0 Å². The molecule has 66 valence electrons. The second-order valence-corrected chi connectivity index (χ2v) is 4.01. The molecule has 1 aliphatic rings. The molecule has 0 N–H and O–H groups in total. The molecule has 1 heterocycles. The largest absolute Gasteiger partial charge is 0.144 e. The van der Waals surface area contributed by atoms with Gasteiger partial charge in [0.1, 0.15) is 0 Å². The lowest BCUT2D eigenvalue weighted by Crippen LogP contribution is -1.79. The van der Waals surface area contributed by atoms with Gasteiger partial charge in [-0.1, -0.05) is 30.4 Å². The van der Waals surface area contributed by atoms with Gasteiger partial charge in [0.15, 0.2) is 0 Å². The molecule has 0 bridgehead atoms. The topological polar surface area (TPSA) is 0 Å². The van der Waals surface area contributed by atoms with Crippen molar-refractivity contribution in [3.05, 3.63) is 52.3 Å². The van der Waals surface area contributed by atoms with Crippen molar-refractivity contribution in [3.8, 4) is 0 Å². The molecule has 2 rings (SSSR count). The van der Waals surface area contributed by atoms with Crippen LogP contribution in [-0.4, -0.2) is 0 Å². The maximum absolute atomic E-state index is 2.28. The minimum absolute atomic E-state index is 1.18. The molecule has 0 aromatic carbocycles. The van der Waals surface area contributed by atoms with Crippen molar-refractivity contribution in [2.75, 3.05) is 0 Å². The predicted octanol–water partition coefficient (Wildman–Crippen LogP) is 4.04. The molecule has 0 saturated heterocycles. The highest BCUT2D eigenvalue weighted by Gasteiger charge is 1.92. The number of thiophene rings is 1. The zero-order chi connectivity index (χ0) is 8.93. The fraction of sp³-hybridized carbons (Fsp3) is 0.167. The van der Waals surface area contributed by atoms with E-state index in [0.29, 0.717) is 0 Å². The number of allylic oxidation sites excluding steroid dienone is 5. The summed E-state index contributed by atoms with van der Waals surface area (Å²) < 4.78 is 0. The van der Waals surface area contributed by atoms with Crippen LogP contribution in [0.1, 0.15) is 17.7 Å². The van der Waals surface area contributed by atoms with Crippen LogP contribution in [0.25, 0.3) is 6.08 Å². The van der Waals surface area contributed by atoms with Crippen molar-refractivity contribution in [2.24, 2.45) is 0 Å². The highest BCUT2D eigenvalue weighted by molar-refractivity contribution is 7.10. The minimum Gasteiger partial charge on any atom is -0.144 e. The van der Waals surface area contributed by atoms with Crippen LogP contribution in [0.5, 0.6) is 0 Å². The Hall–Kier alpha value is -1.08. The van der Waals surface area contributed by atoms with Gasteiger partial charge in [0, 0.05) is 4.88 Å². The molecular weight excluding hydrogens is 176 g/mol. The molecule has 0 unspecified atom stereocenters. The summed E-state index contributed by atoms with van der Waals surface area (Å²) in [6, 6.07) is 4.21. The molecule has 0 amide bonds. The normalized spacial score (nSPS) is 16.5. The molecule has 1 heteroatoms. The molecule has 0 radical (unpaired) electrons. The number of rotatable bonds is 2. The zero-order valence-corrected chi connectivity index (χ0v) is 8.26. The van der Waals surface area contributed by atoms with Crippen molar-refractivity contribution in [1.29, 1.82) is 0 Å². The molecule has 0 saturated carbocycles. The van der Waals surface area contributed by atoms with E-state index in [-0.39, 0.29) is 0 Å². The van der Waals surface area contributed by atoms with Gasteiger partial charge in [0.2, 0.25) is 0 Å². The fourth-order valence-electron chi connectivity index (χ4n) is 1.32. The van der Waals surface area contributed by atoms with E-state index in [4.69, 9.17) is 0 Å². The number of hydrogen-bond acceptors (Lipinski definition) is 1. The van der Waals surface area contributed by atoms with Gasteiger partial charge in [0.05, 0.1) is 0 Å². The molecule has 0 fully saturated rings. The van der Waals surface area contributed by atoms with Crippen molar-refractivity contribution in [3.63, 3.8) is 0 Å². The Kier molecular flexibility index (Phi) is 2.78. The van der Waals surface area contributed by atoms with Gasteiger partial charge in [-0.15, -0.1) is 11.3 Å². The van der Waals surface area contributed by atoms with Gasteiger partial charge in [0.25, 0.3) is 0 Å². The Labute approximate surface area is 82.9 Å². The average molecular weight is 188 g/mol. The molecule has 0 aliphatic heterocycles. The van der Waals surface area contributed by atoms with Crippen molar-refractivity contribution >= 4 is 17.4 Å². The van der Waals surface area contributed by atoms with Gasteiger partial charge in [-0.3, -0.25) is 0 Å². The molecule has 1 aliphatic carbocycles. The van der Waals surface area contributed by atoms with E-state index in [2.05, 4.69) is 47.9 Å². The van der Waals surface area contributed by atoms with Gasteiger partial charge in [-0.2, -0.15) is 0 Å². The third-order valence-corrected chi connectivity index (χ3v) is 2.84. The molecule has 0 spiro atoms. The van der Waals surface area contributed by atoms with Crippen LogP contribution in [-0.2, 0) is 0 Å². The average Bonchev–Trinajstić information content (AvgIpc) is 2.69. The van der Waals surface area contributed by atoms with Crippen molar-refractivity contribution in [1.82, 2.24) is 0 Å². The van der Waals surface area contributed by atoms with Crippen molar-refractivity contribution < 1.29 is 0 Å². The van der Waals surface area contributed by atoms with E-state index in [1.54, 1.807) is 11.3 Å². The Balaban J connectivity index is 2.05. The first-order chi connectivity index (χ1) is 6.45. The van der Waals surface area contributed by atoms with Crippen LogP contribution < -0.4 is 0 Å². The minimum atomic E-state index is 1.18. The lowest BCUT2D eigenvalue weighted by atomic mass is 10.1. The predicted molar refractivity (Wildman–Crippen MR) is 59.8 cm³/mol. The van der Waals surface area contributed by atoms with Crippen molar-refractivity contribution in [2.45, 2.75) is 12.8 Å². The summed E-state index contributed by atoms with van der Waals surface area (Å²) in [4.78, 5) is 1.32. The summed E-state index contributed by atoms with van der Waals surface area (Å²) in [6.45, 7) is 0. The summed E-state index contributed by atoms with van der Waals surface area (Å²) in [6.07, 6.45) is 13.4. The van der Waals surface area contributed by atoms with Crippen LogP contribution >= 0.6 is 11.3 Å². The van der Waals surface area contributed by atoms with Crippen LogP contribution in [0, 0.1) is 0 Å². The Bertz CT molecular complexity index is 339. The van der Waals surface area contributed by atoms with Crippen LogP contribution in [0.2, 0.25) is 0 Å². The first kappa shape index (κ1) is 8.52. The van der Waals surface area contributed by atoms with Crippen LogP contribution in [0.4, 0.5) is 0 Å². The van der Waals surface area contributed by atoms with E-state index < -0.39 is 0 Å². The lowest BCUT2D eigenvalue weighted by molar-refractivity contribution is 1.03. The second-order valence-electron chi connectivity index (χ2n) is 3.03. The fourth-order valence-corrected chi connectivity index (χ4v) is 1.94. The van der Waals surface area contributed by atoms with E-state index in [9.17, 15) is 0 Å². The summed E-state index contributed by atoms with van der Waals surface area (Å²) in [7, 11) is 0. The molecule has 13 heavy (non-hydrogen) atoms. The molecule has 1 aromatic rings. The summed E-state index contributed by atoms with van der Waals surface area (Å²) in [5, 5.41) is 2.10. The molecule has 0 atom stereocenters. The van der Waals surface area contributed by atoms with Gasteiger partial charge in [-0.25, -0.2) is 0 Å². The molecule has 1 aromatic heterocycles. The highest BCUT2D eigenvalue weighted by Crippen LogP contribution is 2.15. The summed E-state index contributed by atoms with van der Waals surface area (Å²) in [5.41, 5.74) is 1.33. The van der Waals surface area contributed by atoms with Crippen LogP contribution in [0.15, 0.2) is 47.4 Å². The SMILES string of the molecule is C1=CC(/C=C/c2cccs2)=CCC1. The monoisotopic (exact) mass is 188 g/mol. The Morgan fingerprint density at radius 2 is 2.23 bits per heavy atom. The zero-order valence-electron chi connectivity index (χ0n) is 7.44. The van der Waals surface area contributed by atoms with Gasteiger partial charge in [-0.05, 0) is 35.9 Å². The molecule has 0 nitrogen and oxygen atoms in total. The second kappa shape index (κ2) is 4.24. The summed E-state index contributed by atoms with van der Waals surface area (Å²) >= 11 is 1.77. The molecular formula is C12H12S. The Morgan fingerprint density at radius 1 is 1.23 bits per heavy atom. The first-order valence-electron chi connectivity index (χ1n) is 4.53. The lowest BCUT2D eigenvalue weighted by Gasteiger charge is -1.99. The summed E-state index contributed by atoms with van der Waals surface area (Å²) in [5.74, 6) is 0. The quantitative estimate of drug-likeness (QED) is 0.657. The van der Waals surface area contributed by atoms with E-state index in [0.717, 1.165) is 0 Å². The first-order valence-corrected chi connectivity index (χ1v) is 5.41. The third-order valence-electron chi connectivity index (χ3n) is 2.01. The van der Waals surface area contributed by atoms with Gasteiger partial charge < -0.3 is 0 Å². The Morgan fingerprint density at radius 3 is 2.92 bits per heavy atom. The highest BCUT2D eigenvalue weighted by atomic mass is 32.1. The van der Waals surface area contributed by atoms with Crippen LogP contribution in [0.3, 0.4) is 0 Å². The van der Waals surface area contributed by atoms with E-state index in [1.807, 2.05) is 0 Å². The third kappa shape index (κ3) is 2.43. The smallest absolute Gasteiger partial charge is 0.0270 e. The standard InChI is InChI=1S/C12H12S/c1-2-5-11(6-3-1)8-9-12-7-4-10-13-12/h2,4-10H,1,3H2/b9-8+.